The maximum absolute atomic E-state index is 12.4. The van der Waals surface area contributed by atoms with E-state index >= 15 is 0 Å². The Morgan fingerprint density at radius 1 is 1.42 bits per heavy atom. The molecule has 26 heavy (non-hydrogen) atoms. The number of hydrogen-bond acceptors (Lipinski definition) is 7. The molecule has 0 unspecified atom stereocenters. The maximum Gasteiger partial charge on any atom is 0.265 e. The minimum Gasteiger partial charge on any atom is -0.478 e. The Bertz CT molecular complexity index is 968. The van der Waals surface area contributed by atoms with E-state index < -0.39 is 22.0 Å². The molecule has 0 aliphatic carbocycles. The number of amides is 2. The summed E-state index contributed by atoms with van der Waals surface area (Å²) in [6.07, 6.45) is -0.240. The zero-order valence-corrected chi connectivity index (χ0v) is 15.7. The van der Waals surface area contributed by atoms with Crippen LogP contribution in [0.1, 0.15) is 24.0 Å². The molecule has 2 heterocycles. The molecule has 0 spiro atoms. The number of aryl methyl sites for hydroxylation is 1. The predicted molar refractivity (Wildman–Crippen MR) is 95.7 cm³/mol. The molecule has 0 bridgehead atoms. The summed E-state index contributed by atoms with van der Waals surface area (Å²) < 4.78 is 32.4. The third kappa shape index (κ3) is 3.86. The van der Waals surface area contributed by atoms with Crippen LogP contribution in [0.15, 0.2) is 28.5 Å². The van der Waals surface area contributed by atoms with Crippen LogP contribution in [0.25, 0.3) is 0 Å². The highest BCUT2D eigenvalue weighted by atomic mass is 32.2. The van der Waals surface area contributed by atoms with Crippen LogP contribution >= 0.6 is 11.3 Å². The molecule has 2 N–H and O–H groups in total. The van der Waals surface area contributed by atoms with E-state index in [2.05, 4.69) is 10.3 Å². The summed E-state index contributed by atoms with van der Waals surface area (Å²) in [6, 6.07) is 4.05. The van der Waals surface area contributed by atoms with E-state index in [1.165, 1.54) is 29.5 Å². The van der Waals surface area contributed by atoms with E-state index in [1.54, 1.807) is 12.3 Å². The molecule has 8 nitrogen and oxygen atoms in total. The molecule has 3 rings (SSSR count). The second-order valence-electron chi connectivity index (χ2n) is 5.73. The molecule has 1 aromatic heterocycles. The number of nitrogens with zero attached hydrogens (tertiary/aromatic N) is 1. The smallest absolute Gasteiger partial charge is 0.265 e. The summed E-state index contributed by atoms with van der Waals surface area (Å²) in [5.41, 5.74) is 0.766. The minimum absolute atomic E-state index is 0.132. The van der Waals surface area contributed by atoms with Gasteiger partial charge in [0, 0.05) is 5.38 Å². The highest BCUT2D eigenvalue weighted by molar-refractivity contribution is 7.90. The average molecular weight is 395 g/mol. The van der Waals surface area contributed by atoms with Gasteiger partial charge in [-0.3, -0.25) is 9.59 Å². The lowest BCUT2D eigenvalue weighted by atomic mass is 10.2. The summed E-state index contributed by atoms with van der Waals surface area (Å²) in [5, 5.41) is 5.12. The quantitative estimate of drug-likeness (QED) is 0.795. The topological polar surface area (TPSA) is 114 Å². The van der Waals surface area contributed by atoms with Crippen molar-refractivity contribution in [2.24, 2.45) is 0 Å². The van der Waals surface area contributed by atoms with Crippen molar-refractivity contribution in [3.8, 4) is 5.75 Å². The van der Waals surface area contributed by atoms with Crippen molar-refractivity contribution in [1.82, 2.24) is 9.71 Å². The zero-order chi connectivity index (χ0) is 18.9. The first-order valence-corrected chi connectivity index (χ1v) is 10.2. The van der Waals surface area contributed by atoms with Gasteiger partial charge in [-0.05, 0) is 31.5 Å². The number of hydrogen-bond donors (Lipinski definition) is 2. The monoisotopic (exact) mass is 395 g/mol. The van der Waals surface area contributed by atoms with Gasteiger partial charge in [-0.2, -0.15) is 0 Å². The lowest BCUT2D eigenvalue weighted by Crippen LogP contribution is -2.36. The number of nitrogens with one attached hydrogen (secondary N) is 2. The Morgan fingerprint density at radius 3 is 2.85 bits per heavy atom. The van der Waals surface area contributed by atoms with Crippen molar-refractivity contribution in [3.63, 3.8) is 0 Å². The normalized spacial score (nSPS) is 16.4. The summed E-state index contributed by atoms with van der Waals surface area (Å²) in [5.74, 6) is -0.628. The van der Waals surface area contributed by atoms with Gasteiger partial charge >= 0.3 is 0 Å². The average Bonchev–Trinajstić information content (AvgIpc) is 2.97. The third-order valence-electron chi connectivity index (χ3n) is 3.71. The number of sulfonamides is 1. The molecule has 2 amide bonds. The number of carbonyl (C=O) groups is 2. The summed E-state index contributed by atoms with van der Waals surface area (Å²) in [4.78, 5) is 27.9. The van der Waals surface area contributed by atoms with Gasteiger partial charge in [0.25, 0.3) is 15.9 Å². The molecule has 0 saturated heterocycles. The number of anilines is 1. The summed E-state index contributed by atoms with van der Waals surface area (Å²) in [6.45, 7) is 3.61. The SMILES string of the molecule is CC[C@H]1Oc2ccc(S(=O)(=O)NC(=O)Cc3csc(C)n3)cc2NC1=O. The van der Waals surface area contributed by atoms with Crippen LogP contribution in [0.3, 0.4) is 0 Å². The Morgan fingerprint density at radius 2 is 2.19 bits per heavy atom. The second-order valence-corrected chi connectivity index (χ2v) is 8.47. The first kappa shape index (κ1) is 18.3. The summed E-state index contributed by atoms with van der Waals surface area (Å²) in [7, 11) is -4.07. The number of aromatic nitrogens is 1. The van der Waals surface area contributed by atoms with Crippen LogP contribution in [0.5, 0.6) is 5.75 Å². The lowest BCUT2D eigenvalue weighted by Gasteiger charge is -2.25. The van der Waals surface area contributed by atoms with Gasteiger partial charge < -0.3 is 10.1 Å². The van der Waals surface area contributed by atoms with E-state index in [4.69, 9.17) is 4.74 Å². The number of thiazole rings is 1. The molecule has 1 aliphatic rings. The van der Waals surface area contributed by atoms with Crippen LogP contribution < -0.4 is 14.8 Å². The van der Waals surface area contributed by atoms with Gasteiger partial charge in [0.1, 0.15) is 5.75 Å². The van der Waals surface area contributed by atoms with Gasteiger partial charge in [-0.1, -0.05) is 6.92 Å². The second kappa shape index (κ2) is 7.04. The predicted octanol–water partition coefficient (Wildman–Crippen LogP) is 1.61. The molecule has 2 aromatic rings. The van der Waals surface area contributed by atoms with Crippen molar-refractivity contribution in [2.75, 3.05) is 5.32 Å². The zero-order valence-electron chi connectivity index (χ0n) is 14.1. The fourth-order valence-electron chi connectivity index (χ4n) is 2.46. The number of rotatable bonds is 5. The third-order valence-corrected chi connectivity index (χ3v) is 5.90. The Labute approximate surface area is 154 Å². The van der Waals surface area contributed by atoms with Crippen LogP contribution in [0.2, 0.25) is 0 Å². The van der Waals surface area contributed by atoms with E-state index in [9.17, 15) is 18.0 Å². The minimum atomic E-state index is -4.07. The lowest BCUT2D eigenvalue weighted by molar-refractivity contribution is -0.123. The van der Waals surface area contributed by atoms with E-state index in [-0.39, 0.29) is 22.9 Å². The summed E-state index contributed by atoms with van der Waals surface area (Å²) >= 11 is 1.38. The van der Waals surface area contributed by atoms with Gasteiger partial charge in [0.05, 0.1) is 27.7 Å². The van der Waals surface area contributed by atoms with Crippen molar-refractivity contribution in [3.05, 3.63) is 34.3 Å². The van der Waals surface area contributed by atoms with Crippen molar-refractivity contribution < 1.29 is 22.7 Å². The van der Waals surface area contributed by atoms with Gasteiger partial charge in [-0.25, -0.2) is 18.1 Å². The Balaban J connectivity index is 1.76. The van der Waals surface area contributed by atoms with E-state index in [0.717, 1.165) is 5.01 Å². The van der Waals surface area contributed by atoms with Gasteiger partial charge in [0.15, 0.2) is 6.10 Å². The standard InChI is InChI=1S/C16H17N3O5S2/c1-3-13-16(21)18-12-7-11(4-5-14(12)24-13)26(22,23)19-15(20)6-10-8-25-9(2)17-10/h4-5,7-8,13H,3,6H2,1-2H3,(H,18,21)(H,19,20)/t13-/m1/s1. The van der Waals surface area contributed by atoms with Crippen LogP contribution in [-0.4, -0.2) is 31.3 Å². The first-order chi connectivity index (χ1) is 12.3. The highest BCUT2D eigenvalue weighted by Crippen LogP contribution is 2.32. The van der Waals surface area contributed by atoms with Crippen LogP contribution in [0, 0.1) is 6.92 Å². The molecule has 10 heteroatoms. The molecular formula is C16H17N3O5S2. The Hall–Kier alpha value is -2.46. The van der Waals surface area contributed by atoms with Crippen molar-refractivity contribution >= 4 is 38.9 Å². The number of fused-ring (bicyclic) bond motifs is 1. The fourth-order valence-corrected chi connectivity index (χ4v) is 4.09. The van der Waals surface area contributed by atoms with Gasteiger partial charge in [0.2, 0.25) is 5.91 Å². The molecule has 0 radical (unpaired) electrons. The molecule has 1 aromatic carbocycles. The number of carbonyl (C=O) groups excluding carboxylic acids is 2. The molecule has 1 atom stereocenters. The van der Waals surface area contributed by atoms with Crippen LogP contribution in [-0.2, 0) is 26.0 Å². The maximum atomic E-state index is 12.4. The molecule has 0 fully saturated rings. The van der Waals surface area contributed by atoms with Crippen molar-refractivity contribution in [2.45, 2.75) is 37.7 Å². The van der Waals surface area contributed by atoms with E-state index in [0.29, 0.717) is 17.9 Å². The highest BCUT2D eigenvalue weighted by Gasteiger charge is 2.28. The van der Waals surface area contributed by atoms with Crippen LogP contribution in [0.4, 0.5) is 5.69 Å². The number of ether oxygens (including phenoxy) is 1. The molecule has 1 aliphatic heterocycles. The largest absolute Gasteiger partial charge is 0.478 e. The van der Waals surface area contributed by atoms with E-state index in [1.807, 2.05) is 11.6 Å². The molecule has 138 valence electrons. The molecule has 0 saturated carbocycles. The van der Waals surface area contributed by atoms with Gasteiger partial charge in [-0.15, -0.1) is 11.3 Å². The van der Waals surface area contributed by atoms with Crippen molar-refractivity contribution in [1.29, 1.82) is 0 Å². The number of benzene rings is 1. The molecular weight excluding hydrogens is 378 g/mol. The Kier molecular flexibility index (Phi) is 4.97. The first-order valence-electron chi connectivity index (χ1n) is 7.86. The fraction of sp³-hybridized carbons (Fsp3) is 0.312.